The second-order valence-corrected chi connectivity index (χ2v) is 7.21. The molecule has 1 saturated heterocycles. The third-order valence-electron chi connectivity index (χ3n) is 4.84. The van der Waals surface area contributed by atoms with E-state index in [1.54, 1.807) is 0 Å². The lowest BCUT2D eigenvalue weighted by atomic mass is 10.1. The number of ether oxygens (including phenoxy) is 1. The average molecular weight is 512 g/mol. The third kappa shape index (κ3) is 7.27. The minimum Gasteiger partial charge on any atom is -0.370 e. The number of benzene rings is 1. The molecule has 1 aliphatic rings. The lowest BCUT2D eigenvalue weighted by Gasteiger charge is -2.35. The zero-order valence-electron chi connectivity index (χ0n) is 17.6. The van der Waals surface area contributed by atoms with Gasteiger partial charge in [-0.15, -0.1) is 24.0 Å². The number of hydrogen-bond acceptors (Lipinski definition) is 4. The highest BCUT2D eigenvalue weighted by atomic mass is 127. The minimum atomic E-state index is 0. The molecule has 2 heterocycles. The van der Waals surface area contributed by atoms with Gasteiger partial charge in [-0.2, -0.15) is 5.10 Å². The molecule has 1 aromatic heterocycles. The van der Waals surface area contributed by atoms with Crippen LogP contribution in [0.25, 0.3) is 0 Å². The molecule has 0 radical (unpaired) electrons. The van der Waals surface area contributed by atoms with Crippen LogP contribution in [0.1, 0.15) is 24.2 Å². The predicted molar refractivity (Wildman–Crippen MR) is 128 cm³/mol. The fourth-order valence-corrected chi connectivity index (χ4v) is 3.38. The molecule has 7 nitrogen and oxygen atoms in total. The van der Waals surface area contributed by atoms with Crippen LogP contribution in [0.2, 0.25) is 0 Å². The smallest absolute Gasteiger partial charge is 0.194 e. The molecule has 2 aromatic rings. The van der Waals surface area contributed by atoms with Crippen molar-refractivity contribution in [1.29, 1.82) is 0 Å². The van der Waals surface area contributed by atoms with Gasteiger partial charge in [0.1, 0.15) is 6.10 Å². The Morgan fingerprint density at radius 1 is 1.34 bits per heavy atom. The van der Waals surface area contributed by atoms with Gasteiger partial charge in [0.15, 0.2) is 5.96 Å². The van der Waals surface area contributed by atoms with Gasteiger partial charge >= 0.3 is 0 Å². The Hall–Kier alpha value is -1.65. The van der Waals surface area contributed by atoms with Crippen LogP contribution in [0.15, 0.2) is 47.7 Å². The number of aryl methyl sites for hydroxylation is 1. The highest BCUT2D eigenvalue weighted by Gasteiger charge is 2.25. The number of hydrogen-bond donors (Lipinski definition) is 1. The van der Waals surface area contributed by atoms with E-state index in [-0.39, 0.29) is 30.1 Å². The normalized spacial score (nSPS) is 17.3. The van der Waals surface area contributed by atoms with Crippen molar-refractivity contribution in [1.82, 2.24) is 24.9 Å². The number of nitrogens with zero attached hydrogens (tertiary/aromatic N) is 5. The van der Waals surface area contributed by atoms with Gasteiger partial charge in [0.2, 0.25) is 0 Å². The summed E-state index contributed by atoms with van der Waals surface area (Å²) >= 11 is 0. The molecule has 1 fully saturated rings. The van der Waals surface area contributed by atoms with Crippen LogP contribution in [-0.4, -0.2) is 71.9 Å². The largest absolute Gasteiger partial charge is 0.370 e. The van der Waals surface area contributed by atoms with E-state index in [4.69, 9.17) is 9.73 Å². The Labute approximate surface area is 191 Å². The summed E-state index contributed by atoms with van der Waals surface area (Å²) in [6.07, 6.45) is 3.94. The first-order valence-corrected chi connectivity index (χ1v) is 10.0. The van der Waals surface area contributed by atoms with Gasteiger partial charge in [0.05, 0.1) is 25.9 Å². The Kier molecular flexibility index (Phi) is 9.89. The summed E-state index contributed by atoms with van der Waals surface area (Å²) in [6.45, 7) is 7.91. The monoisotopic (exact) mass is 512 g/mol. The Balaban J connectivity index is 0.00000300. The molecule has 160 valence electrons. The van der Waals surface area contributed by atoms with Crippen molar-refractivity contribution in [2.24, 2.45) is 12.0 Å². The van der Waals surface area contributed by atoms with Crippen molar-refractivity contribution >= 4 is 29.9 Å². The molecular weight excluding hydrogens is 479 g/mol. The maximum absolute atomic E-state index is 5.96. The van der Waals surface area contributed by atoms with Crippen molar-refractivity contribution in [3.05, 3.63) is 53.9 Å². The van der Waals surface area contributed by atoms with Crippen LogP contribution in [0, 0.1) is 0 Å². The fourth-order valence-electron chi connectivity index (χ4n) is 3.38. The van der Waals surface area contributed by atoms with Gasteiger partial charge in [0.25, 0.3) is 0 Å². The maximum atomic E-state index is 5.96. The fraction of sp³-hybridized carbons (Fsp3) is 0.524. The Bertz CT molecular complexity index is 751. The zero-order valence-corrected chi connectivity index (χ0v) is 20.0. The summed E-state index contributed by atoms with van der Waals surface area (Å²) in [4.78, 5) is 9.46. The molecule has 1 N–H and O–H groups in total. The van der Waals surface area contributed by atoms with E-state index in [9.17, 15) is 0 Å². The van der Waals surface area contributed by atoms with Gasteiger partial charge < -0.3 is 19.9 Å². The van der Waals surface area contributed by atoms with E-state index in [0.717, 1.165) is 50.8 Å². The quantitative estimate of drug-likeness (QED) is 0.351. The summed E-state index contributed by atoms with van der Waals surface area (Å²) in [7, 11) is 4.07. The topological polar surface area (TPSA) is 57.9 Å². The predicted octanol–water partition coefficient (Wildman–Crippen LogP) is 2.51. The minimum absolute atomic E-state index is 0. The van der Waals surface area contributed by atoms with E-state index in [1.165, 1.54) is 5.56 Å². The second kappa shape index (κ2) is 12.1. The number of aromatic nitrogens is 2. The van der Waals surface area contributed by atoms with Gasteiger partial charge in [-0.1, -0.05) is 30.3 Å². The first kappa shape index (κ1) is 23.6. The van der Waals surface area contributed by atoms with Crippen molar-refractivity contribution in [2.45, 2.75) is 19.6 Å². The van der Waals surface area contributed by atoms with E-state index in [0.29, 0.717) is 6.61 Å². The molecule has 3 rings (SSSR count). The average Bonchev–Trinajstić information content (AvgIpc) is 3.15. The molecule has 0 bridgehead atoms. The molecule has 29 heavy (non-hydrogen) atoms. The third-order valence-corrected chi connectivity index (χ3v) is 4.84. The van der Waals surface area contributed by atoms with Gasteiger partial charge in [0, 0.05) is 45.0 Å². The highest BCUT2D eigenvalue weighted by Crippen LogP contribution is 2.21. The van der Waals surface area contributed by atoms with Crippen molar-refractivity contribution < 1.29 is 4.74 Å². The summed E-state index contributed by atoms with van der Waals surface area (Å²) < 4.78 is 7.78. The molecule has 1 aromatic carbocycles. The molecule has 1 aliphatic heterocycles. The van der Waals surface area contributed by atoms with Crippen molar-refractivity contribution in [2.75, 3.05) is 46.4 Å². The van der Waals surface area contributed by atoms with Crippen molar-refractivity contribution in [3.8, 4) is 0 Å². The van der Waals surface area contributed by atoms with E-state index >= 15 is 0 Å². The maximum Gasteiger partial charge on any atom is 0.194 e. The molecule has 0 aliphatic carbocycles. The van der Waals surface area contributed by atoms with Gasteiger partial charge in [-0.25, -0.2) is 0 Å². The highest BCUT2D eigenvalue weighted by molar-refractivity contribution is 14.0. The SMILES string of the molecule is CCNC(=NCCN(C)Cc1ccccc1)N1CCOC(c2cnn(C)c2)C1.I. The number of aliphatic imine (C=N–C) groups is 1. The van der Waals surface area contributed by atoms with Crippen LogP contribution in [0.5, 0.6) is 0 Å². The van der Waals surface area contributed by atoms with E-state index in [2.05, 4.69) is 64.5 Å². The van der Waals surface area contributed by atoms with Gasteiger partial charge in [-0.3, -0.25) is 9.67 Å². The standard InChI is InChI=1S/C21H32N6O.HI/c1-4-22-21(23-10-11-25(2)15-18-8-6-5-7-9-18)27-12-13-28-20(17-27)19-14-24-26(3)16-19;/h5-9,14,16,20H,4,10-13,15,17H2,1-3H3,(H,22,23);1H. The molecule has 1 atom stereocenters. The van der Waals surface area contributed by atoms with Crippen LogP contribution < -0.4 is 5.32 Å². The Morgan fingerprint density at radius 3 is 2.83 bits per heavy atom. The number of rotatable bonds is 7. The van der Waals surface area contributed by atoms with Crippen LogP contribution >= 0.6 is 24.0 Å². The summed E-state index contributed by atoms with van der Waals surface area (Å²) in [5.74, 6) is 0.966. The zero-order chi connectivity index (χ0) is 19.8. The number of halogens is 1. The summed E-state index contributed by atoms with van der Waals surface area (Å²) in [5.41, 5.74) is 2.44. The molecule has 1 unspecified atom stereocenters. The first-order valence-electron chi connectivity index (χ1n) is 10.0. The Morgan fingerprint density at radius 2 is 2.14 bits per heavy atom. The molecule has 0 saturated carbocycles. The second-order valence-electron chi connectivity index (χ2n) is 7.21. The van der Waals surface area contributed by atoms with Crippen LogP contribution in [0.4, 0.5) is 0 Å². The molecule has 0 spiro atoms. The lowest BCUT2D eigenvalue weighted by Crippen LogP contribution is -2.48. The van der Waals surface area contributed by atoms with Crippen molar-refractivity contribution in [3.63, 3.8) is 0 Å². The summed E-state index contributed by atoms with van der Waals surface area (Å²) in [6, 6.07) is 10.5. The van der Waals surface area contributed by atoms with E-state index < -0.39 is 0 Å². The number of morpholine rings is 1. The number of likely N-dealkylation sites (N-methyl/N-ethyl adjacent to an activating group) is 1. The number of guanidine groups is 1. The van der Waals surface area contributed by atoms with Gasteiger partial charge in [-0.05, 0) is 19.5 Å². The van der Waals surface area contributed by atoms with E-state index in [1.807, 2.05) is 24.1 Å². The summed E-state index contributed by atoms with van der Waals surface area (Å²) in [5, 5.41) is 7.70. The molecule has 8 heteroatoms. The molecule has 0 amide bonds. The first-order chi connectivity index (χ1) is 13.7. The number of nitrogens with one attached hydrogen (secondary N) is 1. The van der Waals surface area contributed by atoms with Crippen LogP contribution in [0.3, 0.4) is 0 Å². The van der Waals surface area contributed by atoms with Crippen LogP contribution in [-0.2, 0) is 18.3 Å². The molecular formula is C21H33IN6O. The lowest BCUT2D eigenvalue weighted by molar-refractivity contribution is -0.00805.